The summed E-state index contributed by atoms with van der Waals surface area (Å²) in [6.07, 6.45) is -9.21. The van der Waals surface area contributed by atoms with Crippen molar-refractivity contribution < 1.29 is 31.1 Å². The molecule has 0 aliphatic heterocycles. The second-order valence-electron chi connectivity index (χ2n) is 3.90. The molecular formula is C11H12F6N2O. The van der Waals surface area contributed by atoms with Crippen LogP contribution in [0.15, 0.2) is 24.3 Å². The van der Waals surface area contributed by atoms with E-state index in [-0.39, 0.29) is 6.54 Å². The van der Waals surface area contributed by atoms with Gasteiger partial charge >= 0.3 is 12.5 Å². The van der Waals surface area contributed by atoms with Crippen LogP contribution in [0.5, 0.6) is 5.75 Å². The average Bonchev–Trinajstić information content (AvgIpc) is 2.28. The molecular weight excluding hydrogens is 290 g/mol. The number of rotatable bonds is 5. The van der Waals surface area contributed by atoms with Gasteiger partial charge in [-0.2, -0.15) is 13.2 Å². The van der Waals surface area contributed by atoms with E-state index >= 15 is 0 Å². The molecule has 0 aromatic heterocycles. The summed E-state index contributed by atoms with van der Waals surface area (Å²) in [5.41, 5.74) is 5.67. The summed E-state index contributed by atoms with van der Waals surface area (Å²) in [5.74, 6) is -0.451. The Morgan fingerprint density at radius 2 is 1.60 bits per heavy atom. The highest BCUT2D eigenvalue weighted by molar-refractivity contribution is 5.29. The smallest absolute Gasteiger partial charge is 0.406 e. The van der Waals surface area contributed by atoms with Crippen molar-refractivity contribution in [2.75, 3.05) is 13.1 Å². The molecule has 9 heteroatoms. The van der Waals surface area contributed by atoms with E-state index in [2.05, 4.69) is 10.1 Å². The molecule has 0 aliphatic rings. The molecule has 1 aromatic rings. The number of benzene rings is 1. The van der Waals surface area contributed by atoms with Crippen LogP contribution < -0.4 is 15.8 Å². The fraction of sp³-hybridized carbons (Fsp3) is 0.455. The Bertz CT molecular complexity index is 414. The largest absolute Gasteiger partial charge is 0.573 e. The van der Waals surface area contributed by atoms with E-state index in [4.69, 9.17) is 5.73 Å². The van der Waals surface area contributed by atoms with Gasteiger partial charge in [-0.15, -0.1) is 13.2 Å². The fourth-order valence-electron chi connectivity index (χ4n) is 1.48. The first-order valence-corrected chi connectivity index (χ1v) is 5.46. The summed E-state index contributed by atoms with van der Waals surface area (Å²) in [7, 11) is 0. The molecule has 0 amide bonds. The van der Waals surface area contributed by atoms with Gasteiger partial charge in [-0.05, 0) is 17.7 Å². The number of nitrogens with two attached hydrogens (primary N) is 1. The SMILES string of the molecule is NCC(NCC(F)(F)F)c1ccc(OC(F)(F)F)cc1. The molecule has 0 saturated carbocycles. The third kappa shape index (κ3) is 6.11. The zero-order valence-corrected chi connectivity index (χ0v) is 10.1. The Hall–Kier alpha value is -1.48. The first-order chi connectivity index (χ1) is 9.11. The zero-order chi connectivity index (χ0) is 15.4. The van der Waals surface area contributed by atoms with Crippen LogP contribution in [0.3, 0.4) is 0 Å². The van der Waals surface area contributed by atoms with Crippen LogP contribution in [0.1, 0.15) is 11.6 Å². The van der Waals surface area contributed by atoms with Gasteiger partial charge < -0.3 is 15.8 Å². The van der Waals surface area contributed by atoms with Crippen molar-refractivity contribution in [2.45, 2.75) is 18.6 Å². The number of hydrogen-bond acceptors (Lipinski definition) is 3. The predicted molar refractivity (Wildman–Crippen MR) is 59.0 cm³/mol. The van der Waals surface area contributed by atoms with Crippen molar-refractivity contribution in [3.63, 3.8) is 0 Å². The van der Waals surface area contributed by atoms with E-state index in [0.717, 1.165) is 12.1 Å². The summed E-state index contributed by atoms with van der Waals surface area (Å²) < 4.78 is 75.7. The first kappa shape index (κ1) is 16.6. The number of hydrogen-bond donors (Lipinski definition) is 2. The Morgan fingerprint density at radius 3 is 2.00 bits per heavy atom. The lowest BCUT2D eigenvalue weighted by Crippen LogP contribution is -2.35. The second kappa shape index (κ2) is 6.31. The van der Waals surface area contributed by atoms with Crippen molar-refractivity contribution in [3.05, 3.63) is 29.8 Å². The third-order valence-electron chi connectivity index (χ3n) is 2.30. The first-order valence-electron chi connectivity index (χ1n) is 5.46. The molecule has 1 rings (SSSR count). The number of halogens is 6. The van der Waals surface area contributed by atoms with Gasteiger partial charge in [0.2, 0.25) is 0 Å². The van der Waals surface area contributed by atoms with Gasteiger partial charge in [0.25, 0.3) is 0 Å². The molecule has 1 aromatic carbocycles. The van der Waals surface area contributed by atoms with Crippen molar-refractivity contribution in [1.29, 1.82) is 0 Å². The molecule has 20 heavy (non-hydrogen) atoms. The topological polar surface area (TPSA) is 47.3 Å². The number of alkyl halides is 6. The van der Waals surface area contributed by atoms with Crippen LogP contribution in [0, 0.1) is 0 Å². The molecule has 0 bridgehead atoms. The van der Waals surface area contributed by atoms with Crippen LogP contribution in [0.4, 0.5) is 26.3 Å². The number of nitrogens with one attached hydrogen (secondary N) is 1. The minimum Gasteiger partial charge on any atom is -0.406 e. The van der Waals surface area contributed by atoms with Crippen molar-refractivity contribution in [1.82, 2.24) is 5.32 Å². The number of ether oxygens (including phenoxy) is 1. The van der Waals surface area contributed by atoms with E-state index in [1.165, 1.54) is 12.1 Å². The van der Waals surface area contributed by atoms with Crippen LogP contribution in [0.25, 0.3) is 0 Å². The highest BCUT2D eigenvalue weighted by Gasteiger charge is 2.31. The monoisotopic (exact) mass is 302 g/mol. The lowest BCUT2D eigenvalue weighted by molar-refractivity contribution is -0.274. The summed E-state index contributed by atoms with van der Waals surface area (Å²) >= 11 is 0. The van der Waals surface area contributed by atoms with Crippen LogP contribution in [-0.4, -0.2) is 25.6 Å². The summed E-state index contributed by atoms with van der Waals surface area (Å²) in [6.45, 7) is -1.37. The van der Waals surface area contributed by atoms with E-state index in [9.17, 15) is 26.3 Å². The second-order valence-corrected chi connectivity index (χ2v) is 3.90. The van der Waals surface area contributed by atoms with E-state index in [1.807, 2.05) is 0 Å². The molecule has 1 atom stereocenters. The van der Waals surface area contributed by atoms with Gasteiger partial charge in [-0.1, -0.05) is 12.1 Å². The van der Waals surface area contributed by atoms with Gasteiger partial charge in [0, 0.05) is 12.6 Å². The van der Waals surface area contributed by atoms with E-state index < -0.39 is 30.9 Å². The minimum absolute atomic E-state index is 0.129. The normalized spacial score (nSPS) is 14.2. The highest BCUT2D eigenvalue weighted by Crippen LogP contribution is 2.24. The Kier molecular flexibility index (Phi) is 5.23. The maximum atomic E-state index is 12.1. The van der Waals surface area contributed by atoms with Gasteiger partial charge in [0.15, 0.2) is 0 Å². The van der Waals surface area contributed by atoms with Crippen molar-refractivity contribution in [2.24, 2.45) is 5.73 Å². The summed E-state index contributed by atoms with van der Waals surface area (Å²) in [4.78, 5) is 0. The Balaban J connectivity index is 2.70. The molecule has 0 radical (unpaired) electrons. The van der Waals surface area contributed by atoms with Crippen LogP contribution in [0.2, 0.25) is 0 Å². The molecule has 3 nitrogen and oxygen atoms in total. The summed E-state index contributed by atoms with van der Waals surface area (Å²) in [5, 5.41) is 2.18. The molecule has 0 heterocycles. The zero-order valence-electron chi connectivity index (χ0n) is 10.1. The molecule has 3 N–H and O–H groups in total. The lowest BCUT2D eigenvalue weighted by atomic mass is 10.1. The van der Waals surface area contributed by atoms with Gasteiger partial charge in [0.1, 0.15) is 5.75 Å². The van der Waals surface area contributed by atoms with Crippen LogP contribution in [-0.2, 0) is 0 Å². The molecule has 114 valence electrons. The minimum atomic E-state index is -4.82. The molecule has 0 fully saturated rings. The molecule has 1 unspecified atom stereocenters. The maximum absolute atomic E-state index is 12.1. The highest BCUT2D eigenvalue weighted by atomic mass is 19.4. The molecule has 0 aliphatic carbocycles. The van der Waals surface area contributed by atoms with E-state index in [0.29, 0.717) is 5.56 Å². The van der Waals surface area contributed by atoms with Gasteiger partial charge in [-0.25, -0.2) is 0 Å². The standard InChI is InChI=1S/C11H12F6N2O/c12-10(13,14)6-19-9(5-18)7-1-3-8(4-2-7)20-11(15,16)17/h1-4,9,19H,5-6,18H2. The predicted octanol–water partition coefficient (Wildman–Crippen LogP) is 2.74. The van der Waals surface area contributed by atoms with Crippen LogP contribution >= 0.6 is 0 Å². The Labute approximate surface area is 110 Å². The van der Waals surface area contributed by atoms with Crippen molar-refractivity contribution >= 4 is 0 Å². The van der Waals surface area contributed by atoms with E-state index in [1.54, 1.807) is 0 Å². The average molecular weight is 302 g/mol. The maximum Gasteiger partial charge on any atom is 0.573 e. The molecule has 0 spiro atoms. The van der Waals surface area contributed by atoms with Gasteiger partial charge in [-0.3, -0.25) is 0 Å². The molecule has 0 saturated heterocycles. The van der Waals surface area contributed by atoms with Gasteiger partial charge in [0.05, 0.1) is 6.54 Å². The van der Waals surface area contributed by atoms with Crippen molar-refractivity contribution in [3.8, 4) is 5.75 Å². The Morgan fingerprint density at radius 1 is 1.05 bits per heavy atom. The third-order valence-corrected chi connectivity index (χ3v) is 2.30. The lowest BCUT2D eigenvalue weighted by Gasteiger charge is -2.19. The summed E-state index contributed by atoms with van der Waals surface area (Å²) in [6, 6.07) is 3.67. The quantitative estimate of drug-likeness (QED) is 0.822. The fourth-order valence-corrected chi connectivity index (χ4v) is 1.48.